The van der Waals surface area contributed by atoms with Crippen LogP contribution in [0.5, 0.6) is 0 Å². The molecule has 0 aromatic carbocycles. The van der Waals surface area contributed by atoms with Gasteiger partial charge in [-0.15, -0.1) is 0 Å². The summed E-state index contributed by atoms with van der Waals surface area (Å²) in [6.07, 6.45) is 14.1. The second-order valence-electron chi connectivity index (χ2n) is 14.2. The first-order valence-electron chi connectivity index (χ1n) is 16.7. The van der Waals surface area contributed by atoms with Crippen molar-refractivity contribution in [2.75, 3.05) is 33.2 Å². The summed E-state index contributed by atoms with van der Waals surface area (Å²) in [4.78, 5) is 30.8. The van der Waals surface area contributed by atoms with Crippen molar-refractivity contribution in [1.82, 2.24) is 9.80 Å². The molecule has 3 aliphatic carbocycles. The van der Waals surface area contributed by atoms with Crippen LogP contribution in [-0.4, -0.2) is 84.2 Å². The summed E-state index contributed by atoms with van der Waals surface area (Å²) in [5.74, 6) is 2.31. The van der Waals surface area contributed by atoms with Crippen LogP contribution in [0.25, 0.3) is 0 Å². The van der Waals surface area contributed by atoms with Crippen LogP contribution in [-0.2, 0) is 14.3 Å². The zero-order valence-corrected chi connectivity index (χ0v) is 25.5. The summed E-state index contributed by atoms with van der Waals surface area (Å²) >= 11 is 0. The highest BCUT2D eigenvalue weighted by Gasteiger charge is 2.43. The van der Waals surface area contributed by atoms with Gasteiger partial charge in [0.25, 0.3) is 0 Å². The first kappa shape index (κ1) is 31.0. The van der Waals surface area contributed by atoms with Crippen LogP contribution in [0.4, 0.5) is 0 Å². The molecule has 5 rings (SSSR count). The van der Waals surface area contributed by atoms with Crippen molar-refractivity contribution in [1.29, 1.82) is 0 Å². The zero-order valence-electron chi connectivity index (χ0n) is 25.5. The first-order chi connectivity index (χ1) is 19.7. The Morgan fingerprint density at radius 3 is 2.49 bits per heavy atom. The Labute approximate surface area is 247 Å². The molecule has 2 heterocycles. The molecule has 2 aliphatic heterocycles. The molecule has 0 aromatic rings. The molecule has 4 N–H and O–H groups in total. The zero-order chi connectivity index (χ0) is 29.1. The van der Waals surface area contributed by atoms with Crippen LogP contribution in [0.3, 0.4) is 0 Å². The number of amides is 1. The van der Waals surface area contributed by atoms with Gasteiger partial charge in [0.1, 0.15) is 6.10 Å². The molecular weight excluding hydrogens is 517 g/mol. The third-order valence-electron chi connectivity index (χ3n) is 11.8. The lowest BCUT2D eigenvalue weighted by Crippen LogP contribution is -2.48. The molecule has 0 aromatic heterocycles. The molecule has 0 radical (unpaired) electrons. The van der Waals surface area contributed by atoms with E-state index in [2.05, 4.69) is 11.9 Å². The molecule has 230 valence electrons. The van der Waals surface area contributed by atoms with Gasteiger partial charge < -0.3 is 30.3 Å². The van der Waals surface area contributed by atoms with Gasteiger partial charge in [0.15, 0.2) is 0 Å². The maximum Gasteiger partial charge on any atom is 0.455 e. The van der Waals surface area contributed by atoms with E-state index < -0.39 is 7.12 Å². The smallest absolute Gasteiger partial charge is 0.455 e. The Balaban J connectivity index is 1.13. The molecule has 1 amide bonds. The molecule has 0 spiro atoms. The number of nitrogens with two attached hydrogens (primary N) is 1. The van der Waals surface area contributed by atoms with Crippen LogP contribution in [0.15, 0.2) is 11.1 Å². The molecule has 0 bridgehead atoms. The maximum atomic E-state index is 13.3. The van der Waals surface area contributed by atoms with Gasteiger partial charge in [-0.3, -0.25) is 4.79 Å². The van der Waals surface area contributed by atoms with Crippen LogP contribution in [0.1, 0.15) is 96.8 Å². The van der Waals surface area contributed by atoms with Crippen LogP contribution >= 0.6 is 0 Å². The highest BCUT2D eigenvalue weighted by atomic mass is 16.5. The van der Waals surface area contributed by atoms with Crippen molar-refractivity contribution in [3.63, 3.8) is 0 Å². The summed E-state index contributed by atoms with van der Waals surface area (Å²) in [5.41, 5.74) is 7.61. The third kappa shape index (κ3) is 7.22. The Bertz CT molecular complexity index is 952. The highest BCUT2D eigenvalue weighted by molar-refractivity contribution is 6.43. The predicted molar refractivity (Wildman–Crippen MR) is 161 cm³/mol. The molecule has 3 saturated carbocycles. The molecular formula is C32H54BN3O5. The van der Waals surface area contributed by atoms with Gasteiger partial charge in [-0.2, -0.15) is 0 Å². The Morgan fingerprint density at radius 1 is 1.00 bits per heavy atom. The molecule has 7 unspecified atom stereocenters. The van der Waals surface area contributed by atoms with E-state index in [9.17, 15) is 19.6 Å². The van der Waals surface area contributed by atoms with Crippen molar-refractivity contribution >= 4 is 19.0 Å². The van der Waals surface area contributed by atoms with Gasteiger partial charge in [0.05, 0.1) is 6.42 Å². The van der Waals surface area contributed by atoms with E-state index in [-0.39, 0.29) is 42.1 Å². The lowest BCUT2D eigenvalue weighted by atomic mass is 9.59. The van der Waals surface area contributed by atoms with Gasteiger partial charge in [0, 0.05) is 43.6 Å². The minimum atomic E-state index is -1.25. The van der Waals surface area contributed by atoms with Crippen LogP contribution < -0.4 is 5.73 Å². The van der Waals surface area contributed by atoms with E-state index in [4.69, 9.17) is 10.5 Å². The van der Waals surface area contributed by atoms with Crippen molar-refractivity contribution in [2.45, 2.75) is 115 Å². The second-order valence-corrected chi connectivity index (χ2v) is 14.2. The minimum Gasteiger partial charge on any atom is -0.458 e. The van der Waals surface area contributed by atoms with E-state index >= 15 is 0 Å². The molecule has 7 atom stereocenters. The van der Waals surface area contributed by atoms with Crippen LogP contribution in [0.2, 0.25) is 5.82 Å². The number of ether oxygens (including phenoxy) is 1. The summed E-state index contributed by atoms with van der Waals surface area (Å²) < 4.78 is 6.02. The summed E-state index contributed by atoms with van der Waals surface area (Å²) in [7, 11) is 0.885. The quantitative estimate of drug-likeness (QED) is 0.300. The summed E-state index contributed by atoms with van der Waals surface area (Å²) in [6, 6.07) is 0.309. The van der Waals surface area contributed by atoms with Crippen molar-refractivity contribution < 1.29 is 24.4 Å². The van der Waals surface area contributed by atoms with Gasteiger partial charge in [0.2, 0.25) is 5.91 Å². The van der Waals surface area contributed by atoms with E-state index in [1.807, 2.05) is 11.8 Å². The number of hydrogen-bond acceptors (Lipinski definition) is 7. The summed E-state index contributed by atoms with van der Waals surface area (Å²) in [6.45, 7) is 5.28. The minimum absolute atomic E-state index is 0.0538. The number of hydrogen-bond donors (Lipinski definition) is 3. The van der Waals surface area contributed by atoms with Gasteiger partial charge >= 0.3 is 13.1 Å². The average Bonchev–Trinajstić information content (AvgIpc) is 2.99. The van der Waals surface area contributed by atoms with E-state index in [1.54, 1.807) is 0 Å². The fraction of sp³-hybridized carbons (Fsp3) is 0.875. The van der Waals surface area contributed by atoms with Crippen molar-refractivity contribution in [3.05, 3.63) is 11.1 Å². The number of rotatable bonds is 8. The van der Waals surface area contributed by atoms with E-state index in [0.29, 0.717) is 23.5 Å². The largest absolute Gasteiger partial charge is 0.458 e. The lowest BCUT2D eigenvalue weighted by Gasteiger charge is -2.44. The van der Waals surface area contributed by atoms with Crippen molar-refractivity contribution in [3.8, 4) is 0 Å². The highest BCUT2D eigenvalue weighted by Crippen LogP contribution is 2.42. The molecule has 1 saturated heterocycles. The van der Waals surface area contributed by atoms with Crippen LogP contribution in [0, 0.1) is 29.6 Å². The maximum absolute atomic E-state index is 13.3. The number of esters is 1. The third-order valence-corrected chi connectivity index (χ3v) is 11.8. The van der Waals surface area contributed by atoms with Gasteiger partial charge in [-0.25, -0.2) is 4.79 Å². The van der Waals surface area contributed by atoms with Gasteiger partial charge in [-0.05, 0) is 95.0 Å². The second kappa shape index (κ2) is 13.9. The Morgan fingerprint density at radius 2 is 1.76 bits per heavy atom. The fourth-order valence-electron chi connectivity index (χ4n) is 9.17. The Hall–Kier alpha value is -1.42. The Kier molecular flexibility index (Phi) is 10.5. The lowest BCUT2D eigenvalue weighted by molar-refractivity contribution is -0.153. The van der Waals surface area contributed by atoms with Crippen molar-refractivity contribution in [2.24, 2.45) is 35.3 Å². The SMILES string of the molecule is CC1=C(CC(=O)N2CCC(C3CCCC(CN)C3)CC2)C(=O)OC2CC(N(C)CC3CCCCC3B(O)O)CCC12. The standard InChI is InChI=1S/C32H54BN3O5/c1-21-27-11-10-26(35(2)20-25-7-3-4-9-29(25)33(39)40)17-30(27)41-32(38)28(21)18-31(37)36-14-12-23(13-15-36)24-8-5-6-22(16-24)19-34/h22-27,29-30,39-40H,3-20,34H2,1-2H3. The fourth-order valence-corrected chi connectivity index (χ4v) is 9.17. The number of fused-ring (bicyclic) bond motifs is 1. The number of piperidine rings is 1. The first-order valence-corrected chi connectivity index (χ1v) is 16.7. The molecule has 9 heteroatoms. The monoisotopic (exact) mass is 571 g/mol. The molecule has 4 fully saturated rings. The molecule has 8 nitrogen and oxygen atoms in total. The van der Waals surface area contributed by atoms with Gasteiger partial charge in [-0.1, -0.05) is 37.7 Å². The predicted octanol–water partition coefficient (Wildman–Crippen LogP) is 3.76. The van der Waals surface area contributed by atoms with E-state index in [1.165, 1.54) is 25.7 Å². The number of nitrogens with zero attached hydrogens (tertiary/aromatic N) is 2. The topological polar surface area (TPSA) is 116 Å². The van der Waals surface area contributed by atoms with E-state index in [0.717, 1.165) is 95.5 Å². The normalized spacial score (nSPS) is 35.3. The number of carbonyl (C=O) groups excluding carboxylic acids is 2. The summed E-state index contributed by atoms with van der Waals surface area (Å²) in [5, 5.41) is 19.8. The number of likely N-dealkylation sites (tertiary alicyclic amines) is 1. The number of carbonyl (C=O) groups is 2. The molecule has 5 aliphatic rings. The average molecular weight is 572 g/mol. The molecule has 41 heavy (non-hydrogen) atoms.